The first-order valence-corrected chi connectivity index (χ1v) is 6.40. The van der Waals surface area contributed by atoms with Gasteiger partial charge in [-0.2, -0.15) is 0 Å². The van der Waals surface area contributed by atoms with Crippen molar-refractivity contribution in [3.8, 4) is 0 Å². The molecule has 2 atom stereocenters. The zero-order valence-electron chi connectivity index (χ0n) is 10.8. The van der Waals surface area contributed by atoms with Crippen LogP contribution in [0, 0.1) is 10.1 Å². The van der Waals surface area contributed by atoms with Crippen molar-refractivity contribution in [1.29, 1.82) is 0 Å². The van der Waals surface area contributed by atoms with Gasteiger partial charge in [0.05, 0.1) is 0 Å². The number of nitrogens with one attached hydrogen (secondary N) is 1. The summed E-state index contributed by atoms with van der Waals surface area (Å²) in [4.78, 5) is 26.7. The second-order valence-corrected chi connectivity index (χ2v) is 4.94. The highest BCUT2D eigenvalue weighted by Gasteiger charge is 2.31. The summed E-state index contributed by atoms with van der Waals surface area (Å²) in [6.45, 7) is 2.53. The highest BCUT2D eigenvalue weighted by molar-refractivity contribution is 5.93. The average molecular weight is 266 g/mol. The number of nitrogens with two attached hydrogens (primary N) is 1. The lowest BCUT2D eigenvalue weighted by atomic mass is 9.96. The van der Waals surface area contributed by atoms with Gasteiger partial charge in [-0.3, -0.25) is 4.79 Å². The monoisotopic (exact) mass is 266 g/mol. The van der Waals surface area contributed by atoms with Crippen LogP contribution in [0.4, 0.5) is 5.82 Å². The van der Waals surface area contributed by atoms with E-state index in [0.717, 1.165) is 19.3 Å². The molecule has 0 saturated carbocycles. The minimum Gasteiger partial charge on any atom is -0.358 e. The maximum Gasteiger partial charge on any atom is 0.321 e. The van der Waals surface area contributed by atoms with E-state index in [9.17, 15) is 14.9 Å². The van der Waals surface area contributed by atoms with Crippen LogP contribution in [0.3, 0.4) is 0 Å². The molecule has 0 spiro atoms. The average Bonchev–Trinajstić information content (AvgIpc) is 2.87. The predicted octanol–water partition coefficient (Wildman–Crippen LogP) is 1.26. The van der Waals surface area contributed by atoms with Gasteiger partial charge in [-0.25, -0.2) is 4.98 Å². The molecule has 2 rings (SSSR count). The molecule has 1 aromatic rings. The Morgan fingerprint density at radius 1 is 1.58 bits per heavy atom. The summed E-state index contributed by atoms with van der Waals surface area (Å²) in [6, 6.07) is 2.66. The molecule has 1 saturated heterocycles. The largest absolute Gasteiger partial charge is 0.358 e. The van der Waals surface area contributed by atoms with Crippen molar-refractivity contribution in [2.24, 2.45) is 5.73 Å². The van der Waals surface area contributed by atoms with E-state index in [2.05, 4.69) is 4.98 Å². The number of nitro groups is 1. The maximum atomic E-state index is 12.4. The van der Waals surface area contributed by atoms with Gasteiger partial charge in [0.1, 0.15) is 0 Å². The van der Waals surface area contributed by atoms with Crippen molar-refractivity contribution in [3.05, 3.63) is 27.9 Å². The summed E-state index contributed by atoms with van der Waals surface area (Å²) in [5.74, 6) is -0.382. The molecule has 3 N–H and O–H groups in total. The van der Waals surface area contributed by atoms with Crippen LogP contribution >= 0.6 is 0 Å². The van der Waals surface area contributed by atoms with E-state index in [1.54, 1.807) is 4.90 Å². The Labute approximate surface area is 110 Å². The number of amides is 1. The normalized spacial score (nSPS) is 21.2. The van der Waals surface area contributed by atoms with Gasteiger partial charge in [0.25, 0.3) is 5.91 Å². The molecule has 2 unspecified atom stereocenters. The number of aromatic nitrogens is 1. The van der Waals surface area contributed by atoms with E-state index in [0.29, 0.717) is 6.54 Å². The zero-order valence-corrected chi connectivity index (χ0v) is 10.8. The van der Waals surface area contributed by atoms with E-state index < -0.39 is 4.92 Å². The van der Waals surface area contributed by atoms with Crippen molar-refractivity contribution in [2.45, 2.75) is 38.3 Å². The quantitative estimate of drug-likeness (QED) is 0.634. The van der Waals surface area contributed by atoms with E-state index in [1.807, 2.05) is 6.92 Å². The Balaban J connectivity index is 2.18. The molecular formula is C12H18N4O3. The van der Waals surface area contributed by atoms with Crippen molar-refractivity contribution >= 4 is 11.7 Å². The summed E-state index contributed by atoms with van der Waals surface area (Å²) in [5, 5.41) is 10.6. The number of hydrogen-bond donors (Lipinski definition) is 2. The highest BCUT2D eigenvalue weighted by Crippen LogP contribution is 2.22. The number of carbonyl (C=O) groups excluding carboxylic acids is 1. The third-order valence-electron chi connectivity index (χ3n) is 3.51. The molecule has 0 radical (unpaired) electrons. The molecule has 2 heterocycles. The lowest BCUT2D eigenvalue weighted by Crippen LogP contribution is -2.51. The lowest BCUT2D eigenvalue weighted by Gasteiger charge is -2.37. The Hall–Kier alpha value is -1.89. The fourth-order valence-electron chi connectivity index (χ4n) is 2.53. The summed E-state index contributed by atoms with van der Waals surface area (Å²) in [7, 11) is 0. The first-order chi connectivity index (χ1) is 9.00. The Kier molecular flexibility index (Phi) is 3.84. The van der Waals surface area contributed by atoms with Crippen LogP contribution in [-0.4, -0.2) is 39.3 Å². The molecule has 0 aliphatic carbocycles. The number of aromatic amines is 1. The van der Waals surface area contributed by atoms with Crippen LogP contribution < -0.4 is 5.73 Å². The van der Waals surface area contributed by atoms with Crippen LogP contribution in [0.15, 0.2) is 12.1 Å². The fraction of sp³-hybridized carbons (Fsp3) is 0.583. The first-order valence-electron chi connectivity index (χ1n) is 6.40. The molecule has 1 fully saturated rings. The predicted molar refractivity (Wildman–Crippen MR) is 69.8 cm³/mol. The Morgan fingerprint density at radius 2 is 2.32 bits per heavy atom. The van der Waals surface area contributed by atoms with Gasteiger partial charge in [0.15, 0.2) is 5.69 Å². The lowest BCUT2D eigenvalue weighted by molar-refractivity contribution is -0.389. The molecule has 0 bridgehead atoms. The molecule has 7 heteroatoms. The molecule has 1 aromatic heterocycles. The van der Waals surface area contributed by atoms with Crippen LogP contribution in [0.25, 0.3) is 0 Å². The van der Waals surface area contributed by atoms with Gasteiger partial charge < -0.3 is 20.7 Å². The van der Waals surface area contributed by atoms with Gasteiger partial charge >= 0.3 is 5.82 Å². The minimum atomic E-state index is -0.546. The molecular weight excluding hydrogens is 248 g/mol. The van der Waals surface area contributed by atoms with Gasteiger partial charge in [-0.05, 0) is 37.2 Å². The SMILES string of the molecule is CC(N)C1CCCCN1C(=O)c1ccc([N+](=O)[O-])[nH]1. The third-order valence-corrected chi connectivity index (χ3v) is 3.51. The van der Waals surface area contributed by atoms with Gasteiger partial charge in [-0.1, -0.05) is 0 Å². The number of carbonyl (C=O) groups is 1. The van der Waals surface area contributed by atoms with Crippen molar-refractivity contribution in [1.82, 2.24) is 9.88 Å². The second kappa shape index (κ2) is 5.40. The summed E-state index contributed by atoms with van der Waals surface area (Å²) < 4.78 is 0. The van der Waals surface area contributed by atoms with Crippen LogP contribution in [0.5, 0.6) is 0 Å². The zero-order chi connectivity index (χ0) is 14.0. The van der Waals surface area contributed by atoms with Gasteiger partial charge in [0.2, 0.25) is 0 Å². The van der Waals surface area contributed by atoms with E-state index >= 15 is 0 Å². The van der Waals surface area contributed by atoms with Crippen molar-refractivity contribution < 1.29 is 9.72 Å². The number of H-pyrrole nitrogens is 1. The topological polar surface area (TPSA) is 105 Å². The second-order valence-electron chi connectivity index (χ2n) is 4.94. The van der Waals surface area contributed by atoms with E-state index in [-0.39, 0.29) is 29.5 Å². The highest BCUT2D eigenvalue weighted by atomic mass is 16.6. The fourth-order valence-corrected chi connectivity index (χ4v) is 2.53. The van der Waals surface area contributed by atoms with Crippen molar-refractivity contribution in [3.63, 3.8) is 0 Å². The Morgan fingerprint density at radius 3 is 2.89 bits per heavy atom. The smallest absolute Gasteiger partial charge is 0.321 e. The van der Waals surface area contributed by atoms with Crippen molar-refractivity contribution in [2.75, 3.05) is 6.54 Å². The number of nitrogens with zero attached hydrogens (tertiary/aromatic N) is 2. The summed E-state index contributed by atoms with van der Waals surface area (Å²) in [6.07, 6.45) is 2.88. The molecule has 7 nitrogen and oxygen atoms in total. The third kappa shape index (κ3) is 2.76. The van der Waals surface area contributed by atoms with Crippen LogP contribution in [0.1, 0.15) is 36.7 Å². The summed E-state index contributed by atoms with van der Waals surface area (Å²) in [5.41, 5.74) is 6.16. The number of piperidine rings is 1. The standard InChI is InChI=1S/C12H18N4O3/c1-8(13)10-4-2-3-7-15(10)12(17)9-5-6-11(14-9)16(18)19/h5-6,8,10,14H,2-4,7,13H2,1H3. The molecule has 19 heavy (non-hydrogen) atoms. The minimum absolute atomic E-state index is 0.00334. The van der Waals surface area contributed by atoms with Gasteiger partial charge in [-0.15, -0.1) is 0 Å². The number of rotatable bonds is 3. The molecule has 1 amide bonds. The van der Waals surface area contributed by atoms with E-state index in [1.165, 1.54) is 12.1 Å². The van der Waals surface area contributed by atoms with E-state index in [4.69, 9.17) is 5.73 Å². The Bertz CT molecular complexity index is 483. The van der Waals surface area contributed by atoms with Crippen LogP contribution in [0.2, 0.25) is 0 Å². The van der Waals surface area contributed by atoms with Gasteiger partial charge in [0, 0.05) is 24.7 Å². The number of hydrogen-bond acceptors (Lipinski definition) is 4. The molecule has 0 aromatic carbocycles. The first kappa shape index (κ1) is 13.5. The molecule has 1 aliphatic heterocycles. The number of likely N-dealkylation sites (tertiary alicyclic amines) is 1. The molecule has 104 valence electrons. The maximum absolute atomic E-state index is 12.4. The summed E-state index contributed by atoms with van der Waals surface area (Å²) >= 11 is 0. The molecule has 1 aliphatic rings. The van der Waals surface area contributed by atoms with Crippen LogP contribution in [-0.2, 0) is 0 Å².